The van der Waals surface area contributed by atoms with Crippen LogP contribution in [0.15, 0.2) is 16.0 Å². The van der Waals surface area contributed by atoms with E-state index in [-0.39, 0.29) is 27.7 Å². The number of alkyl halides is 3. The predicted molar refractivity (Wildman–Crippen MR) is 135 cm³/mol. The Kier molecular flexibility index (Phi) is 7.53. The quantitative estimate of drug-likeness (QED) is 0.303. The van der Waals surface area contributed by atoms with Gasteiger partial charge in [-0.1, -0.05) is 13.8 Å². The van der Waals surface area contributed by atoms with Gasteiger partial charge in [-0.3, -0.25) is 4.98 Å². The maximum Gasteiger partial charge on any atom is 0.493 e. The molecule has 0 aromatic carbocycles. The fraction of sp³-hybridized carbons (Fsp3) is 0.583. The zero-order valence-electron chi connectivity index (χ0n) is 21.9. The number of fused-ring (bicyclic) bond motifs is 1. The second-order valence-electron chi connectivity index (χ2n) is 10.5. The van der Waals surface area contributed by atoms with E-state index in [1.807, 2.05) is 4.98 Å². The molecule has 3 aromatic heterocycles. The highest BCUT2D eigenvalue weighted by Gasteiger charge is 2.42. The van der Waals surface area contributed by atoms with Crippen LogP contribution in [0.1, 0.15) is 58.1 Å². The number of rotatable bonds is 8. The van der Waals surface area contributed by atoms with E-state index < -0.39 is 29.4 Å². The average Bonchev–Trinajstić information content (AvgIpc) is 3.55. The summed E-state index contributed by atoms with van der Waals surface area (Å²) < 4.78 is 39.6. The van der Waals surface area contributed by atoms with Crippen molar-refractivity contribution in [2.45, 2.75) is 76.7 Å². The molecule has 40 heavy (non-hydrogen) atoms. The van der Waals surface area contributed by atoms with Gasteiger partial charge in [0, 0.05) is 17.3 Å². The number of carbonyl (C=O) groups excluding carboxylic acids is 1. The minimum absolute atomic E-state index is 0.0241. The van der Waals surface area contributed by atoms with Gasteiger partial charge < -0.3 is 20.6 Å². The third-order valence-corrected chi connectivity index (χ3v) is 6.67. The number of aromatic hydroxyl groups is 1. The van der Waals surface area contributed by atoms with Crippen LogP contribution in [0.2, 0.25) is 0 Å². The molecule has 13 nitrogen and oxygen atoms in total. The lowest BCUT2D eigenvalue weighted by Gasteiger charge is -2.30. The van der Waals surface area contributed by atoms with E-state index in [0.29, 0.717) is 23.5 Å². The third kappa shape index (κ3) is 6.26. The van der Waals surface area contributed by atoms with Gasteiger partial charge in [0.2, 0.25) is 11.8 Å². The summed E-state index contributed by atoms with van der Waals surface area (Å²) in [5.41, 5.74) is -1.29. The molecule has 0 radical (unpaired) electrons. The van der Waals surface area contributed by atoms with Gasteiger partial charge in [0.1, 0.15) is 5.69 Å². The topological polar surface area (TPSA) is 164 Å². The van der Waals surface area contributed by atoms with Gasteiger partial charge in [-0.25, -0.2) is 14.6 Å². The monoisotopic (exact) mass is 565 g/mol. The van der Waals surface area contributed by atoms with E-state index in [1.54, 1.807) is 0 Å². The number of H-pyrrole nitrogens is 1. The van der Waals surface area contributed by atoms with Crippen LogP contribution in [0.3, 0.4) is 0 Å². The molecule has 0 aliphatic heterocycles. The molecule has 4 N–H and O–H groups in total. The molecule has 0 amide bonds. The lowest BCUT2D eigenvalue weighted by atomic mass is 9.91. The minimum atomic E-state index is -5.36. The van der Waals surface area contributed by atoms with Crippen LogP contribution in [0.25, 0.3) is 11.7 Å². The maximum absolute atomic E-state index is 12.7. The Morgan fingerprint density at radius 2 is 1.93 bits per heavy atom. The summed E-state index contributed by atoms with van der Waals surface area (Å²) in [6.07, 6.45) is 2.74. The first-order chi connectivity index (χ1) is 19.0. The number of carbonyl (C=O) groups is 1. The van der Waals surface area contributed by atoms with Gasteiger partial charge in [-0.15, -0.1) is 4.73 Å². The van der Waals surface area contributed by atoms with Crippen LogP contribution < -0.4 is 32.0 Å². The molecule has 3 heterocycles. The standard InChI is InChI=1S/C24H30F3N9O4/c1-12(2)10-28-14-3-5-15(6-4-14)30-21-32-18-13(11-29-35(18)22(34-21)31-16-7-8-16)9-17-19(37)33-23(39)36(17)40-20(38)24(25,26)27/h9,11-12,14-16,28,37H,3-8,10H2,1-2H3,(H,33,39)(H,30,31,34). The largest absolute Gasteiger partial charge is 0.493 e. The highest BCUT2D eigenvalue weighted by Crippen LogP contribution is 2.23. The van der Waals surface area contributed by atoms with Crippen molar-refractivity contribution in [1.82, 2.24) is 34.6 Å². The molecule has 5 rings (SSSR count). The Morgan fingerprint density at radius 1 is 1.23 bits per heavy atom. The Bertz CT molecular complexity index is 1560. The molecule has 2 aliphatic carbocycles. The first kappa shape index (κ1) is 27.6. The van der Waals surface area contributed by atoms with Gasteiger partial charge in [0.15, 0.2) is 5.65 Å². The van der Waals surface area contributed by atoms with Gasteiger partial charge in [0.25, 0.3) is 5.62 Å². The fourth-order valence-electron chi connectivity index (χ4n) is 4.45. The van der Waals surface area contributed by atoms with E-state index in [4.69, 9.17) is 0 Å². The lowest BCUT2D eigenvalue weighted by Crippen LogP contribution is -2.39. The summed E-state index contributed by atoms with van der Waals surface area (Å²) in [5, 5.41) is 21.6. The molecule has 3 aromatic rings. The van der Waals surface area contributed by atoms with Crippen LogP contribution >= 0.6 is 0 Å². The number of imidazole rings is 1. The Hall–Kier alpha value is -3.95. The SMILES string of the molecule is CC(C)CNC1CCC(Nc2nc(=NC3CC3)n3ncc(=Cc4c(O)[nH]c(=O)n4OC(=O)C(F)(F)F)c3n2)CC1. The molecule has 16 heteroatoms. The van der Waals surface area contributed by atoms with Crippen LogP contribution in [0.4, 0.5) is 19.1 Å². The highest BCUT2D eigenvalue weighted by atomic mass is 19.4. The highest BCUT2D eigenvalue weighted by molar-refractivity contribution is 5.76. The molecule has 2 saturated carbocycles. The number of halogens is 3. The zero-order valence-corrected chi connectivity index (χ0v) is 21.9. The minimum Gasteiger partial charge on any atom is -0.493 e. The molecular weight excluding hydrogens is 535 g/mol. The van der Waals surface area contributed by atoms with Crippen LogP contribution in [-0.4, -0.2) is 71.2 Å². The number of hydrogen-bond donors (Lipinski definition) is 4. The van der Waals surface area contributed by atoms with Crippen molar-refractivity contribution in [2.75, 3.05) is 11.9 Å². The number of anilines is 1. The lowest BCUT2D eigenvalue weighted by molar-refractivity contribution is -0.200. The van der Waals surface area contributed by atoms with Crippen molar-refractivity contribution >= 4 is 23.6 Å². The van der Waals surface area contributed by atoms with E-state index in [2.05, 4.69) is 49.4 Å². The third-order valence-electron chi connectivity index (χ3n) is 6.67. The van der Waals surface area contributed by atoms with Gasteiger partial charge >= 0.3 is 17.8 Å². The molecule has 2 fully saturated rings. The summed E-state index contributed by atoms with van der Waals surface area (Å²) in [6.45, 7) is 5.31. The van der Waals surface area contributed by atoms with Crippen molar-refractivity contribution < 1.29 is 27.9 Å². The van der Waals surface area contributed by atoms with E-state index >= 15 is 0 Å². The normalized spacial score (nSPS) is 20.9. The van der Waals surface area contributed by atoms with Crippen LogP contribution in [0.5, 0.6) is 5.88 Å². The van der Waals surface area contributed by atoms with Crippen LogP contribution in [0, 0.1) is 5.92 Å². The molecule has 0 atom stereocenters. The second-order valence-corrected chi connectivity index (χ2v) is 10.5. The summed E-state index contributed by atoms with van der Waals surface area (Å²) in [5.74, 6) is -2.56. The first-order valence-corrected chi connectivity index (χ1v) is 13.1. The van der Waals surface area contributed by atoms with Gasteiger partial charge in [-0.05, 0) is 57.1 Å². The first-order valence-electron chi connectivity index (χ1n) is 13.1. The summed E-state index contributed by atoms with van der Waals surface area (Å²) in [4.78, 5) is 43.3. The molecule has 0 unspecified atom stereocenters. The molecule has 216 valence electrons. The molecular formula is C24H30F3N9O4. The van der Waals surface area contributed by atoms with E-state index in [9.17, 15) is 27.9 Å². The summed E-state index contributed by atoms with van der Waals surface area (Å²) >= 11 is 0. The fourth-order valence-corrected chi connectivity index (χ4v) is 4.45. The smallest absolute Gasteiger partial charge is 0.493 e. The second kappa shape index (κ2) is 10.9. The number of nitrogens with zero attached hydrogens (tertiary/aromatic N) is 6. The molecule has 2 aliphatic rings. The van der Waals surface area contributed by atoms with Gasteiger partial charge in [0.05, 0.1) is 12.2 Å². The predicted octanol–water partition coefficient (Wildman–Crippen LogP) is 0.417. The van der Waals surface area contributed by atoms with Gasteiger partial charge in [-0.2, -0.15) is 32.8 Å². The number of aromatic nitrogens is 6. The molecule has 0 bridgehead atoms. The van der Waals surface area contributed by atoms with E-state index in [1.165, 1.54) is 10.7 Å². The number of hydrogen-bond acceptors (Lipinski definition) is 10. The van der Waals surface area contributed by atoms with E-state index in [0.717, 1.165) is 51.1 Å². The van der Waals surface area contributed by atoms with Crippen LogP contribution in [-0.2, 0) is 4.79 Å². The Morgan fingerprint density at radius 3 is 2.58 bits per heavy atom. The van der Waals surface area contributed by atoms with Crippen molar-refractivity contribution in [3.05, 3.63) is 33.2 Å². The number of nitrogens with one attached hydrogen (secondary N) is 3. The summed E-state index contributed by atoms with van der Waals surface area (Å²) in [7, 11) is 0. The number of aromatic amines is 1. The Balaban J connectivity index is 1.47. The average molecular weight is 566 g/mol. The van der Waals surface area contributed by atoms with Crippen molar-refractivity contribution in [1.29, 1.82) is 0 Å². The Labute approximate surface area is 225 Å². The van der Waals surface area contributed by atoms with Crippen molar-refractivity contribution in [3.8, 4) is 5.88 Å². The zero-order chi connectivity index (χ0) is 28.6. The molecule has 0 saturated heterocycles. The van der Waals surface area contributed by atoms with Crippen molar-refractivity contribution in [3.63, 3.8) is 0 Å². The molecule has 0 spiro atoms. The van der Waals surface area contributed by atoms with Crippen molar-refractivity contribution in [2.24, 2.45) is 10.9 Å². The maximum atomic E-state index is 12.7. The summed E-state index contributed by atoms with van der Waals surface area (Å²) in [6, 6.07) is 0.688.